The van der Waals surface area contributed by atoms with Gasteiger partial charge in [0.15, 0.2) is 0 Å². The van der Waals surface area contributed by atoms with E-state index in [1.54, 1.807) is 0 Å². The minimum Gasteiger partial charge on any atom is -0.480 e. The molecule has 4 N–H and O–H groups in total. The average molecular weight is 518 g/mol. The molecule has 1 heterocycles. The van der Waals surface area contributed by atoms with E-state index in [-0.39, 0.29) is 30.6 Å². The fourth-order valence-corrected chi connectivity index (χ4v) is 5.83. The van der Waals surface area contributed by atoms with E-state index in [4.69, 9.17) is 0 Å². The topological polar surface area (TPSA) is 111 Å². The largest absolute Gasteiger partial charge is 0.480 e. The lowest BCUT2D eigenvalue weighted by atomic mass is 9.69. The van der Waals surface area contributed by atoms with Gasteiger partial charge in [0.1, 0.15) is 12.1 Å². The number of carboxylic acids is 1. The zero-order valence-electron chi connectivity index (χ0n) is 22.4. The highest BCUT2D eigenvalue weighted by molar-refractivity contribution is 5.92. The van der Waals surface area contributed by atoms with Crippen LogP contribution in [0.4, 0.5) is 0 Å². The van der Waals surface area contributed by atoms with Gasteiger partial charge >= 0.3 is 5.97 Å². The van der Waals surface area contributed by atoms with Gasteiger partial charge < -0.3 is 20.7 Å². The second kappa shape index (κ2) is 12.3. The Morgan fingerprint density at radius 2 is 1.66 bits per heavy atom. The smallest absolute Gasteiger partial charge is 0.326 e. The van der Waals surface area contributed by atoms with Crippen LogP contribution in [0.1, 0.15) is 51.2 Å². The molecule has 0 saturated heterocycles. The third-order valence-electron chi connectivity index (χ3n) is 7.99. The van der Waals surface area contributed by atoms with Crippen LogP contribution in [0.5, 0.6) is 0 Å². The summed E-state index contributed by atoms with van der Waals surface area (Å²) in [6.07, 6.45) is 5.16. The lowest BCUT2D eigenvalue weighted by Gasteiger charge is -2.37. The molecule has 0 aliphatic heterocycles. The molecule has 38 heavy (non-hydrogen) atoms. The Morgan fingerprint density at radius 3 is 2.37 bits per heavy atom. The molecule has 7 nitrogen and oxygen atoms in total. The van der Waals surface area contributed by atoms with Crippen LogP contribution in [0.25, 0.3) is 10.9 Å². The molecule has 0 bridgehead atoms. The van der Waals surface area contributed by atoms with Crippen LogP contribution in [0.15, 0.2) is 60.8 Å². The molecule has 4 rings (SSSR count). The second-order valence-corrected chi connectivity index (χ2v) is 11.1. The van der Waals surface area contributed by atoms with Gasteiger partial charge in [-0.3, -0.25) is 9.59 Å². The molecule has 2 amide bonds. The summed E-state index contributed by atoms with van der Waals surface area (Å²) in [6, 6.07) is 15.0. The SMILES string of the molecule is CC(C)[C@@H]1CC[C@@H](C)C[C@H]1C(=O)N[C@@H](Cc1c[nH]c2ccccc12)C(=O)N[C@@H](Cc1ccccc1)C(=O)O. The molecule has 0 spiro atoms. The number of carbonyl (C=O) groups is 3. The maximum atomic E-state index is 13.7. The normalized spacial score (nSPS) is 21.1. The van der Waals surface area contributed by atoms with Gasteiger partial charge in [0.2, 0.25) is 11.8 Å². The number of carboxylic acid groups (broad SMARTS) is 1. The van der Waals surface area contributed by atoms with Crippen molar-refractivity contribution < 1.29 is 19.5 Å². The van der Waals surface area contributed by atoms with E-state index in [0.717, 1.165) is 41.3 Å². The van der Waals surface area contributed by atoms with Crippen molar-refractivity contribution in [1.29, 1.82) is 0 Å². The predicted molar refractivity (Wildman–Crippen MR) is 148 cm³/mol. The first-order chi connectivity index (χ1) is 18.2. The van der Waals surface area contributed by atoms with E-state index >= 15 is 0 Å². The molecular weight excluding hydrogens is 478 g/mol. The number of H-pyrrole nitrogens is 1. The van der Waals surface area contributed by atoms with E-state index in [0.29, 0.717) is 11.8 Å². The summed E-state index contributed by atoms with van der Waals surface area (Å²) in [7, 11) is 0. The number of aromatic nitrogens is 1. The van der Waals surface area contributed by atoms with E-state index in [2.05, 4.69) is 36.4 Å². The van der Waals surface area contributed by atoms with Gasteiger partial charge in [-0.05, 0) is 47.8 Å². The van der Waals surface area contributed by atoms with Crippen LogP contribution < -0.4 is 10.6 Å². The van der Waals surface area contributed by atoms with Gasteiger partial charge in [-0.1, -0.05) is 75.7 Å². The summed E-state index contributed by atoms with van der Waals surface area (Å²) < 4.78 is 0. The van der Waals surface area contributed by atoms with E-state index < -0.39 is 24.0 Å². The molecule has 3 aromatic rings. The predicted octanol–water partition coefficient (Wildman–Crippen LogP) is 4.72. The van der Waals surface area contributed by atoms with Gasteiger partial charge in [-0.25, -0.2) is 4.79 Å². The van der Waals surface area contributed by atoms with Crippen molar-refractivity contribution in [2.24, 2.45) is 23.7 Å². The number of nitrogens with one attached hydrogen (secondary N) is 3. The third-order valence-corrected chi connectivity index (χ3v) is 7.99. The van der Waals surface area contributed by atoms with Crippen LogP contribution in [0.2, 0.25) is 0 Å². The summed E-state index contributed by atoms with van der Waals surface area (Å²) in [6.45, 7) is 6.48. The van der Waals surface area contributed by atoms with Crippen LogP contribution in [-0.4, -0.2) is 40.0 Å². The second-order valence-electron chi connectivity index (χ2n) is 11.1. The van der Waals surface area contributed by atoms with Crippen molar-refractivity contribution in [1.82, 2.24) is 15.6 Å². The Labute approximate surface area is 224 Å². The molecule has 1 aliphatic carbocycles. The van der Waals surface area contributed by atoms with Gasteiger partial charge in [-0.2, -0.15) is 0 Å². The first kappa shape index (κ1) is 27.4. The lowest BCUT2D eigenvalue weighted by molar-refractivity contribution is -0.142. The molecule has 0 unspecified atom stereocenters. The molecule has 2 aromatic carbocycles. The summed E-state index contributed by atoms with van der Waals surface area (Å²) in [5, 5.41) is 16.6. The number of amides is 2. The number of aliphatic carboxylic acids is 1. The van der Waals surface area contributed by atoms with Crippen molar-refractivity contribution in [3.63, 3.8) is 0 Å². The fraction of sp³-hybridized carbons (Fsp3) is 0.452. The van der Waals surface area contributed by atoms with Crippen LogP contribution in [0.3, 0.4) is 0 Å². The zero-order valence-corrected chi connectivity index (χ0v) is 22.4. The first-order valence-corrected chi connectivity index (χ1v) is 13.7. The third kappa shape index (κ3) is 6.63. The fourth-order valence-electron chi connectivity index (χ4n) is 5.83. The number of aromatic amines is 1. The van der Waals surface area contributed by atoms with E-state index in [1.807, 2.05) is 60.8 Å². The summed E-state index contributed by atoms with van der Waals surface area (Å²) in [5.41, 5.74) is 2.66. The van der Waals surface area contributed by atoms with Crippen LogP contribution in [-0.2, 0) is 27.2 Å². The van der Waals surface area contributed by atoms with Crippen molar-refractivity contribution in [2.75, 3.05) is 0 Å². The monoisotopic (exact) mass is 517 g/mol. The number of fused-ring (bicyclic) bond motifs is 1. The highest BCUT2D eigenvalue weighted by atomic mass is 16.4. The number of benzene rings is 2. The highest BCUT2D eigenvalue weighted by Crippen LogP contribution is 2.38. The average Bonchev–Trinajstić information content (AvgIpc) is 3.31. The van der Waals surface area contributed by atoms with Crippen LogP contribution >= 0.6 is 0 Å². The first-order valence-electron chi connectivity index (χ1n) is 13.7. The Bertz CT molecular complexity index is 1250. The molecule has 0 radical (unpaired) electrons. The molecule has 1 saturated carbocycles. The van der Waals surface area contributed by atoms with Crippen LogP contribution in [0, 0.1) is 23.7 Å². The molecule has 1 aromatic heterocycles. The number of hydrogen-bond donors (Lipinski definition) is 4. The lowest BCUT2D eigenvalue weighted by Crippen LogP contribution is -2.55. The number of para-hydroxylation sites is 1. The minimum atomic E-state index is -1.11. The van der Waals surface area contributed by atoms with Gasteiger partial charge in [0.05, 0.1) is 0 Å². The maximum Gasteiger partial charge on any atom is 0.326 e. The highest BCUT2D eigenvalue weighted by Gasteiger charge is 2.37. The molecule has 5 atom stereocenters. The molecular formula is C31H39N3O4. The summed E-state index contributed by atoms with van der Waals surface area (Å²) in [5.74, 6) is -0.822. The van der Waals surface area contributed by atoms with Crippen molar-refractivity contribution >= 4 is 28.7 Å². The Kier molecular flexibility index (Phi) is 8.87. The van der Waals surface area contributed by atoms with Crippen molar-refractivity contribution in [3.05, 3.63) is 71.9 Å². The van der Waals surface area contributed by atoms with Crippen molar-refractivity contribution in [3.8, 4) is 0 Å². The molecule has 1 fully saturated rings. The maximum absolute atomic E-state index is 13.7. The van der Waals surface area contributed by atoms with Gasteiger partial charge in [0.25, 0.3) is 0 Å². The van der Waals surface area contributed by atoms with Gasteiger partial charge in [0, 0.05) is 35.9 Å². The summed E-state index contributed by atoms with van der Waals surface area (Å²) in [4.78, 5) is 42.6. The number of hydrogen-bond acceptors (Lipinski definition) is 3. The number of carbonyl (C=O) groups excluding carboxylic acids is 2. The summed E-state index contributed by atoms with van der Waals surface area (Å²) >= 11 is 0. The van der Waals surface area contributed by atoms with Gasteiger partial charge in [-0.15, -0.1) is 0 Å². The zero-order chi connectivity index (χ0) is 27.2. The Balaban J connectivity index is 1.57. The molecule has 202 valence electrons. The van der Waals surface area contributed by atoms with E-state index in [1.165, 1.54) is 0 Å². The number of rotatable bonds is 10. The Hall–Kier alpha value is -3.61. The molecule has 7 heteroatoms. The Morgan fingerprint density at radius 1 is 0.947 bits per heavy atom. The quantitative estimate of drug-likeness (QED) is 0.312. The standard InChI is InChI=1S/C31H39N3O4/c1-19(2)23-14-13-20(3)15-25(23)29(35)33-27(17-22-18-32-26-12-8-7-11-24(22)26)30(36)34-28(31(37)38)16-21-9-5-4-6-10-21/h4-12,18-20,23,25,27-28,32H,13-17H2,1-3H3,(H,33,35)(H,34,36)(H,37,38)/t20-,23+,25-,27+,28+/m1/s1. The van der Waals surface area contributed by atoms with E-state index in [9.17, 15) is 19.5 Å². The minimum absolute atomic E-state index is 0.120. The molecule has 1 aliphatic rings. The van der Waals surface area contributed by atoms with Crippen molar-refractivity contribution in [2.45, 2.75) is 65.0 Å².